The van der Waals surface area contributed by atoms with Gasteiger partial charge in [-0.3, -0.25) is 34.7 Å². The third-order valence-corrected chi connectivity index (χ3v) is 11.7. The highest BCUT2D eigenvalue weighted by Gasteiger charge is 2.41. The van der Waals surface area contributed by atoms with E-state index < -0.39 is 45.5 Å². The Kier molecular flexibility index (Phi) is 12.9. The van der Waals surface area contributed by atoms with Crippen molar-refractivity contribution in [1.82, 2.24) is 25.0 Å². The molecule has 3 heterocycles. The van der Waals surface area contributed by atoms with Crippen molar-refractivity contribution in [3.8, 4) is 5.75 Å². The molecule has 344 valence electrons. The van der Waals surface area contributed by atoms with E-state index in [0.717, 1.165) is 18.9 Å². The molecule has 66 heavy (non-hydrogen) atoms. The molecule has 1 aliphatic carbocycles. The number of aromatic nitrogens is 2. The number of piperazine rings is 1. The van der Waals surface area contributed by atoms with Gasteiger partial charge in [0, 0.05) is 62.1 Å². The first-order valence-corrected chi connectivity index (χ1v) is 21.2. The van der Waals surface area contributed by atoms with E-state index in [1.54, 1.807) is 64.4 Å². The quantitative estimate of drug-likeness (QED) is 0.0551. The zero-order chi connectivity index (χ0) is 46.8. The summed E-state index contributed by atoms with van der Waals surface area (Å²) in [5.74, 6) is -1.05. The number of anilines is 1. The summed E-state index contributed by atoms with van der Waals surface area (Å²) in [6, 6.07) is 20.5. The second-order valence-corrected chi connectivity index (χ2v) is 16.5. The summed E-state index contributed by atoms with van der Waals surface area (Å²) in [6.07, 6.45) is -2.90. The minimum Gasteiger partial charge on any atom is -0.491 e. The number of nitrogens with one attached hydrogen (secondary N) is 2. The van der Waals surface area contributed by atoms with Crippen LogP contribution in [0.1, 0.15) is 58.9 Å². The highest BCUT2D eigenvalue weighted by molar-refractivity contribution is 6.09. The van der Waals surface area contributed by atoms with E-state index >= 15 is 4.39 Å². The summed E-state index contributed by atoms with van der Waals surface area (Å²) in [5.41, 5.74) is 0.526. The SMILES string of the molecule is CC1(C(=O)Nc2ccc([N+](=O)[O-])c(C(F)(F)F)c2)CC(c2ccc(OCCOCCn3nc(Cc4ccc(F)c(C(=O)N5CCN(C(=O)C6CC6)CC5)c4)c4ccccc4c3=O)cc2)=NN1. The Hall–Kier alpha value is -7.22. The van der Waals surface area contributed by atoms with Gasteiger partial charge < -0.3 is 24.6 Å². The average molecular weight is 913 g/mol. The van der Waals surface area contributed by atoms with E-state index in [4.69, 9.17) is 9.47 Å². The predicted octanol–water partition coefficient (Wildman–Crippen LogP) is 5.94. The van der Waals surface area contributed by atoms with Gasteiger partial charge in [-0.2, -0.15) is 23.4 Å². The third-order valence-electron chi connectivity index (χ3n) is 11.7. The summed E-state index contributed by atoms with van der Waals surface area (Å²) in [7, 11) is 0. The molecule has 1 saturated carbocycles. The standard InChI is InChI=1S/C46H44F4N8O8/c1-45(44(62)51-31-11-15-40(58(63)64)36(26-31)46(48,49)50)27-39(52-54-45)29-9-12-32(13-10-29)66-23-22-65-21-20-57-43(61)34-5-3-2-4-33(34)38(53-57)25-28-6-14-37(47)35(24-28)42(60)56-18-16-55(17-19-56)41(59)30-7-8-30/h2-6,9-15,24,26,30,54H,7-8,16-23,25,27H2,1H3,(H,51,62). The fraction of sp³-hybridized carbons (Fsp3) is 0.348. The molecule has 2 fully saturated rings. The molecule has 5 aromatic rings. The number of carbonyl (C=O) groups is 3. The topological polar surface area (TPSA) is 191 Å². The van der Waals surface area contributed by atoms with Gasteiger partial charge in [0.05, 0.1) is 47.0 Å². The van der Waals surface area contributed by atoms with Crippen molar-refractivity contribution in [2.45, 2.75) is 50.9 Å². The van der Waals surface area contributed by atoms with Crippen molar-refractivity contribution in [3.05, 3.63) is 139 Å². The van der Waals surface area contributed by atoms with Gasteiger partial charge in [0.25, 0.3) is 23.1 Å². The first-order chi connectivity index (χ1) is 31.6. The molecule has 0 spiro atoms. The first-order valence-electron chi connectivity index (χ1n) is 21.2. The van der Waals surface area contributed by atoms with Gasteiger partial charge in [0.2, 0.25) is 5.91 Å². The molecule has 0 radical (unpaired) electrons. The number of nitrogens with zero attached hydrogens (tertiary/aromatic N) is 6. The molecule has 20 heteroatoms. The van der Waals surface area contributed by atoms with Crippen LogP contribution >= 0.6 is 0 Å². The minimum atomic E-state index is -5.01. The lowest BCUT2D eigenvalue weighted by atomic mass is 9.93. The molecule has 1 atom stereocenters. The van der Waals surface area contributed by atoms with Crippen LogP contribution in [0.25, 0.3) is 10.8 Å². The van der Waals surface area contributed by atoms with E-state index in [1.807, 2.05) is 0 Å². The molecule has 0 bridgehead atoms. The number of ether oxygens (including phenoxy) is 2. The molecule has 1 aromatic heterocycles. The van der Waals surface area contributed by atoms with E-state index in [-0.39, 0.29) is 67.8 Å². The van der Waals surface area contributed by atoms with Crippen molar-refractivity contribution in [2.24, 2.45) is 11.0 Å². The molecule has 16 nitrogen and oxygen atoms in total. The molecule has 1 saturated heterocycles. The second-order valence-electron chi connectivity index (χ2n) is 16.5. The number of hydrogen-bond donors (Lipinski definition) is 2. The maximum atomic E-state index is 15.1. The van der Waals surface area contributed by atoms with Gasteiger partial charge >= 0.3 is 6.18 Å². The van der Waals surface area contributed by atoms with Crippen LogP contribution in [-0.2, 0) is 33.5 Å². The fourth-order valence-corrected chi connectivity index (χ4v) is 7.90. The number of halogens is 4. The Bertz CT molecular complexity index is 2790. The highest BCUT2D eigenvalue weighted by atomic mass is 19.4. The number of amides is 3. The summed E-state index contributed by atoms with van der Waals surface area (Å²) >= 11 is 0. The van der Waals surface area contributed by atoms with Gasteiger partial charge in [0.15, 0.2) is 0 Å². The second kappa shape index (κ2) is 18.7. The summed E-state index contributed by atoms with van der Waals surface area (Å²) < 4.78 is 68.4. The van der Waals surface area contributed by atoms with Crippen LogP contribution in [0.5, 0.6) is 5.75 Å². The average Bonchev–Trinajstić information content (AvgIpc) is 4.09. The molecule has 1 unspecified atom stereocenters. The van der Waals surface area contributed by atoms with Gasteiger partial charge in [-0.15, -0.1) is 0 Å². The summed E-state index contributed by atoms with van der Waals surface area (Å²) in [5, 5.41) is 23.5. The zero-order valence-corrected chi connectivity index (χ0v) is 35.6. The number of nitro benzene ring substituents is 1. The molecule has 2 aliphatic heterocycles. The smallest absolute Gasteiger partial charge is 0.423 e. The van der Waals surface area contributed by atoms with E-state index in [0.29, 0.717) is 77.4 Å². The molecular weight excluding hydrogens is 869 g/mol. The fourth-order valence-electron chi connectivity index (χ4n) is 7.90. The van der Waals surface area contributed by atoms with Crippen LogP contribution in [0.4, 0.5) is 28.9 Å². The number of hydrazone groups is 1. The van der Waals surface area contributed by atoms with Crippen molar-refractivity contribution >= 4 is 45.6 Å². The zero-order valence-electron chi connectivity index (χ0n) is 35.6. The van der Waals surface area contributed by atoms with Crippen LogP contribution in [0, 0.1) is 21.8 Å². The maximum Gasteiger partial charge on any atom is 0.423 e. The Balaban J connectivity index is 0.820. The van der Waals surface area contributed by atoms with Gasteiger partial charge in [-0.25, -0.2) is 9.07 Å². The van der Waals surface area contributed by atoms with Crippen LogP contribution in [0.2, 0.25) is 0 Å². The first kappa shape index (κ1) is 45.4. The molecule has 3 aliphatic rings. The number of hydrogen-bond acceptors (Lipinski definition) is 11. The Morgan fingerprint density at radius 3 is 2.33 bits per heavy atom. The molecule has 8 rings (SSSR count). The van der Waals surface area contributed by atoms with E-state index in [2.05, 4.69) is 20.9 Å². The highest BCUT2D eigenvalue weighted by Crippen LogP contribution is 2.38. The normalized spacial score (nSPS) is 17.3. The minimum absolute atomic E-state index is 0.0641. The lowest BCUT2D eigenvalue weighted by Crippen LogP contribution is -2.51. The molecule has 3 amide bonds. The van der Waals surface area contributed by atoms with Crippen LogP contribution in [0.15, 0.2) is 94.8 Å². The van der Waals surface area contributed by atoms with Crippen molar-refractivity contribution in [2.75, 3.05) is 51.3 Å². The Morgan fingerprint density at radius 1 is 0.924 bits per heavy atom. The summed E-state index contributed by atoms with van der Waals surface area (Å²) in [6.45, 7) is 3.61. The van der Waals surface area contributed by atoms with Crippen molar-refractivity contribution in [3.63, 3.8) is 0 Å². The van der Waals surface area contributed by atoms with Gasteiger partial charge in [-0.1, -0.05) is 24.3 Å². The largest absolute Gasteiger partial charge is 0.491 e. The number of carbonyl (C=O) groups excluding carboxylic acids is 3. The van der Waals surface area contributed by atoms with E-state index in [1.165, 1.54) is 23.7 Å². The van der Waals surface area contributed by atoms with Crippen molar-refractivity contribution in [1.29, 1.82) is 0 Å². The molecule has 2 N–H and O–H groups in total. The predicted molar refractivity (Wildman–Crippen MR) is 233 cm³/mol. The van der Waals surface area contributed by atoms with Crippen LogP contribution in [0.3, 0.4) is 0 Å². The van der Waals surface area contributed by atoms with Crippen LogP contribution < -0.4 is 21.0 Å². The Labute approximate surface area is 374 Å². The lowest BCUT2D eigenvalue weighted by Gasteiger charge is -2.35. The van der Waals surface area contributed by atoms with Crippen molar-refractivity contribution < 1.29 is 46.3 Å². The number of alkyl halides is 3. The molecular formula is C46H44F4N8O8. The number of benzene rings is 4. The number of fused-ring (bicyclic) bond motifs is 1. The lowest BCUT2D eigenvalue weighted by molar-refractivity contribution is -0.388. The summed E-state index contributed by atoms with van der Waals surface area (Å²) in [4.78, 5) is 65.9. The molecule has 4 aromatic carbocycles. The number of rotatable bonds is 15. The third kappa shape index (κ3) is 10.0. The van der Waals surface area contributed by atoms with Gasteiger partial charge in [-0.05, 0) is 85.5 Å². The van der Waals surface area contributed by atoms with Gasteiger partial charge in [0.1, 0.15) is 29.3 Å². The number of nitro groups is 1. The van der Waals surface area contributed by atoms with Crippen LogP contribution in [-0.4, -0.2) is 99.5 Å². The maximum absolute atomic E-state index is 15.1. The monoisotopic (exact) mass is 912 g/mol. The Morgan fingerprint density at radius 2 is 1.64 bits per heavy atom. The van der Waals surface area contributed by atoms with E-state index in [9.17, 15) is 42.5 Å².